The van der Waals surface area contributed by atoms with Gasteiger partial charge in [0.15, 0.2) is 0 Å². The number of unbranched alkanes of at least 4 members (excludes halogenated alkanes) is 1. The van der Waals surface area contributed by atoms with E-state index in [1.54, 1.807) is 0 Å². The molecule has 0 aliphatic heterocycles. The van der Waals surface area contributed by atoms with E-state index in [2.05, 4.69) is 106 Å². The zero-order chi connectivity index (χ0) is 36.0. The minimum Gasteiger partial charge on any atom is -0.333 e. The lowest BCUT2D eigenvalue weighted by Gasteiger charge is -2.03. The van der Waals surface area contributed by atoms with Crippen molar-refractivity contribution >= 4 is 5.57 Å². The first-order valence-electron chi connectivity index (χ1n) is 15.7. The normalized spacial score (nSPS) is 8.40. The molecular weight excluding hydrogens is 518 g/mol. The molecule has 1 nitrogen and oxygen atoms in total. The minimum atomic E-state index is 0.884. The average Bonchev–Trinajstić information content (AvgIpc) is 2.99. The Morgan fingerprint density at radius 3 is 1.51 bits per heavy atom. The summed E-state index contributed by atoms with van der Waals surface area (Å²) >= 11 is 0. The van der Waals surface area contributed by atoms with Gasteiger partial charge in [0.1, 0.15) is 0 Å². The Hall–Kier alpha value is -3.08. The van der Waals surface area contributed by atoms with Crippen molar-refractivity contribution in [3.8, 4) is 12.3 Å². The first kappa shape index (κ1) is 55.8. The molecule has 0 aliphatic rings. The second kappa shape index (κ2) is 45.9. The van der Waals surface area contributed by atoms with E-state index in [4.69, 9.17) is 6.42 Å². The molecule has 0 aliphatic carbocycles. The van der Waals surface area contributed by atoms with Gasteiger partial charge >= 0.3 is 0 Å². The molecule has 0 bridgehead atoms. The van der Waals surface area contributed by atoms with Gasteiger partial charge in [-0.05, 0) is 91.1 Å². The summed E-state index contributed by atoms with van der Waals surface area (Å²) in [6.45, 7) is 48.6. The Kier molecular flexibility index (Phi) is 59.6. The van der Waals surface area contributed by atoms with E-state index in [1.165, 1.54) is 43.0 Å². The molecule has 1 heteroatoms. The zero-order valence-electron chi connectivity index (χ0n) is 31.9. The topological polar surface area (TPSA) is 26.0 Å². The van der Waals surface area contributed by atoms with E-state index in [0.717, 1.165) is 33.8 Å². The van der Waals surface area contributed by atoms with Crippen molar-refractivity contribution in [2.24, 2.45) is 11.7 Å². The highest BCUT2D eigenvalue weighted by molar-refractivity contribution is 5.73. The van der Waals surface area contributed by atoms with E-state index in [1.807, 2.05) is 84.9 Å². The van der Waals surface area contributed by atoms with Crippen LogP contribution >= 0.6 is 0 Å². The number of rotatable bonds is 6. The van der Waals surface area contributed by atoms with Gasteiger partial charge in [-0.3, -0.25) is 0 Å². The highest BCUT2D eigenvalue weighted by Gasteiger charge is 1.99. The SMILES string of the molecule is C#Cc1cc(C(=C)/C=C\C)ccc1C.C=C.C=C(C)/C=C\C(C)=C(C)C.C=C(C)C.CC.CCC(C)C.CCCC.CN. The van der Waals surface area contributed by atoms with Crippen molar-refractivity contribution in [1.29, 1.82) is 0 Å². The van der Waals surface area contributed by atoms with Crippen molar-refractivity contribution in [3.05, 3.63) is 114 Å². The smallest absolute Gasteiger partial charge is 0.0277 e. The van der Waals surface area contributed by atoms with Crippen LogP contribution in [0.15, 0.2) is 97.7 Å². The molecule has 248 valence electrons. The molecule has 1 aromatic rings. The quantitative estimate of drug-likeness (QED) is 0.198. The predicted molar refractivity (Wildman–Crippen MR) is 210 cm³/mol. The molecule has 0 radical (unpaired) electrons. The molecular formula is C42H75N. The van der Waals surface area contributed by atoms with Crippen molar-refractivity contribution in [2.75, 3.05) is 7.05 Å². The van der Waals surface area contributed by atoms with Crippen molar-refractivity contribution < 1.29 is 0 Å². The third-order valence-corrected chi connectivity index (χ3v) is 4.85. The second-order valence-corrected chi connectivity index (χ2v) is 10.1. The summed E-state index contributed by atoms with van der Waals surface area (Å²) in [7, 11) is 1.50. The number of nitrogens with two attached hydrogens (primary N) is 1. The molecule has 0 spiro atoms. The molecule has 43 heavy (non-hydrogen) atoms. The van der Waals surface area contributed by atoms with Crippen molar-refractivity contribution in [1.82, 2.24) is 0 Å². The largest absolute Gasteiger partial charge is 0.333 e. The molecule has 2 N–H and O–H groups in total. The van der Waals surface area contributed by atoms with Crippen molar-refractivity contribution in [3.63, 3.8) is 0 Å². The molecule has 0 amide bonds. The van der Waals surface area contributed by atoms with Crippen LogP contribution in [0.1, 0.15) is 133 Å². The predicted octanol–water partition coefficient (Wildman–Crippen LogP) is 13.9. The molecule has 0 unspecified atom stereocenters. The van der Waals surface area contributed by atoms with E-state index >= 15 is 0 Å². The Morgan fingerprint density at radius 2 is 1.26 bits per heavy atom. The fraction of sp³-hybridized carbons (Fsp3) is 0.476. The van der Waals surface area contributed by atoms with Crippen molar-refractivity contribution in [2.45, 2.75) is 123 Å². The van der Waals surface area contributed by atoms with Gasteiger partial charge in [0.05, 0.1) is 0 Å². The lowest BCUT2D eigenvalue weighted by molar-refractivity contribution is 0.626. The van der Waals surface area contributed by atoms with Crippen LogP contribution in [0.4, 0.5) is 0 Å². The molecule has 0 fully saturated rings. The summed E-state index contributed by atoms with van der Waals surface area (Å²) < 4.78 is 0. The van der Waals surface area contributed by atoms with Crippen LogP contribution in [0.25, 0.3) is 5.57 Å². The van der Waals surface area contributed by atoms with Crippen LogP contribution in [0.5, 0.6) is 0 Å². The maximum Gasteiger partial charge on any atom is 0.0277 e. The third kappa shape index (κ3) is 55.5. The fourth-order valence-corrected chi connectivity index (χ4v) is 1.71. The molecule has 1 aromatic carbocycles. The number of allylic oxidation sites excluding steroid dienone is 9. The number of hydrogen-bond acceptors (Lipinski definition) is 1. The Bertz CT molecular complexity index is 901. The zero-order valence-corrected chi connectivity index (χ0v) is 31.9. The average molecular weight is 594 g/mol. The van der Waals surface area contributed by atoms with Crippen LogP contribution in [0.3, 0.4) is 0 Å². The minimum absolute atomic E-state index is 0.884. The Morgan fingerprint density at radius 1 is 0.860 bits per heavy atom. The highest BCUT2D eigenvalue weighted by atomic mass is 14.4. The van der Waals surface area contributed by atoms with Crippen LogP contribution in [-0.2, 0) is 0 Å². The lowest BCUT2D eigenvalue weighted by Crippen LogP contribution is -1.85. The first-order chi connectivity index (χ1) is 20.1. The van der Waals surface area contributed by atoms with Gasteiger partial charge in [-0.15, -0.1) is 26.2 Å². The maximum absolute atomic E-state index is 5.40. The van der Waals surface area contributed by atoms with E-state index in [0.29, 0.717) is 0 Å². The van der Waals surface area contributed by atoms with Gasteiger partial charge in [-0.2, -0.15) is 0 Å². The number of terminal acetylenes is 1. The standard InChI is InChI=1S/C14H14.C10H16.C5H12.C4H8.C4H10.C2H6.C2H4.CH5N/c1-5-7-11(3)14-9-8-12(4)13(6-2)10-14;1-8(2)6-7-10(5)9(3)4;1-4-5(2)3;1-4(2)3;1-3-4-2;3*1-2/h2,5,7-10H,3H2,1,4H3;6-7H,1H2,2-5H3;5H,4H2,1-3H3;1H2,2-3H3;3-4H2,1-2H3;1-2H3;1-2H2;2H2,1H3/b7-5-;7-6-;;;;;;. The summed E-state index contributed by atoms with van der Waals surface area (Å²) in [5.74, 6) is 3.55. The first-order valence-corrected chi connectivity index (χ1v) is 15.7. The molecule has 0 saturated carbocycles. The number of benzene rings is 1. The fourth-order valence-electron chi connectivity index (χ4n) is 1.71. The Labute approximate surface area is 273 Å². The van der Waals surface area contributed by atoms with E-state index < -0.39 is 0 Å². The number of aryl methyl sites for hydroxylation is 1. The lowest BCUT2D eigenvalue weighted by atomic mass is 10.0. The van der Waals surface area contributed by atoms with Gasteiger partial charge in [0, 0.05) is 5.56 Å². The summed E-state index contributed by atoms with van der Waals surface area (Å²) in [6, 6.07) is 6.06. The van der Waals surface area contributed by atoms with Crippen LogP contribution in [-0.4, -0.2) is 7.05 Å². The molecule has 0 atom stereocenters. The summed E-state index contributed by atoms with van der Waals surface area (Å²) in [6.07, 6.45) is 17.4. The van der Waals surface area contributed by atoms with Gasteiger partial charge in [-0.1, -0.05) is 146 Å². The van der Waals surface area contributed by atoms with Gasteiger partial charge in [0.25, 0.3) is 0 Å². The molecule has 1 rings (SSSR count). The van der Waals surface area contributed by atoms with Crippen LogP contribution in [0, 0.1) is 25.2 Å². The highest BCUT2D eigenvalue weighted by Crippen LogP contribution is 2.17. The summed E-state index contributed by atoms with van der Waals surface area (Å²) in [5.41, 5.74) is 13.6. The molecule has 0 heterocycles. The third-order valence-electron chi connectivity index (χ3n) is 4.85. The van der Waals surface area contributed by atoms with Gasteiger partial charge in [0.2, 0.25) is 0 Å². The molecule has 0 aromatic heterocycles. The Balaban J connectivity index is -0.0000000783. The summed E-state index contributed by atoms with van der Waals surface area (Å²) in [4.78, 5) is 0. The van der Waals surface area contributed by atoms with Crippen LogP contribution in [0.2, 0.25) is 0 Å². The van der Waals surface area contributed by atoms with Gasteiger partial charge in [-0.25, -0.2) is 0 Å². The molecule has 0 saturated heterocycles. The van der Waals surface area contributed by atoms with E-state index in [9.17, 15) is 0 Å². The van der Waals surface area contributed by atoms with Crippen LogP contribution < -0.4 is 5.73 Å². The monoisotopic (exact) mass is 594 g/mol. The summed E-state index contributed by atoms with van der Waals surface area (Å²) in [5, 5.41) is 0. The van der Waals surface area contributed by atoms with E-state index in [-0.39, 0.29) is 0 Å². The number of hydrogen-bond donors (Lipinski definition) is 1. The second-order valence-electron chi connectivity index (χ2n) is 10.1. The maximum atomic E-state index is 5.40. The van der Waals surface area contributed by atoms with Gasteiger partial charge < -0.3 is 5.73 Å².